The van der Waals surface area contributed by atoms with Crippen molar-refractivity contribution in [1.82, 2.24) is 14.8 Å². The highest BCUT2D eigenvalue weighted by atomic mass is 35.5. The van der Waals surface area contributed by atoms with Crippen LogP contribution in [0.25, 0.3) is 0 Å². The Morgan fingerprint density at radius 1 is 1.56 bits per heavy atom. The molecule has 0 saturated carbocycles. The summed E-state index contributed by atoms with van der Waals surface area (Å²) >= 11 is 5.98. The maximum absolute atomic E-state index is 7.49. The Kier molecular flexibility index (Phi) is 3.47. The first-order chi connectivity index (χ1) is 8.59. The molecule has 0 aliphatic heterocycles. The van der Waals surface area contributed by atoms with Crippen LogP contribution in [-0.2, 0) is 13.7 Å². The van der Waals surface area contributed by atoms with Gasteiger partial charge in [-0.2, -0.15) is 5.10 Å². The van der Waals surface area contributed by atoms with E-state index in [0.29, 0.717) is 22.2 Å². The van der Waals surface area contributed by atoms with Crippen molar-refractivity contribution < 1.29 is 4.74 Å². The van der Waals surface area contributed by atoms with Gasteiger partial charge in [-0.25, -0.2) is 4.98 Å². The maximum atomic E-state index is 7.49. The van der Waals surface area contributed by atoms with E-state index in [1.54, 1.807) is 29.9 Å². The van der Waals surface area contributed by atoms with Crippen molar-refractivity contribution in [3.63, 3.8) is 0 Å². The molecule has 0 fully saturated rings. The highest BCUT2D eigenvalue weighted by molar-refractivity contribution is 6.34. The standard InChI is InChI=1S/C11H12ClN5O/c1-17-9(15-6-16-17)5-18-8-4-2-3-7(12)10(8)11(13)14/h2-4,6H,5H2,1H3,(H3,13,14). The second-order valence-corrected chi connectivity index (χ2v) is 4.02. The van der Waals surface area contributed by atoms with Crippen molar-refractivity contribution in [3.05, 3.63) is 40.9 Å². The van der Waals surface area contributed by atoms with Crippen LogP contribution >= 0.6 is 11.6 Å². The molecule has 1 aromatic carbocycles. The van der Waals surface area contributed by atoms with Crippen molar-refractivity contribution >= 4 is 17.4 Å². The van der Waals surface area contributed by atoms with E-state index in [-0.39, 0.29) is 12.4 Å². The van der Waals surface area contributed by atoms with Gasteiger partial charge in [-0.05, 0) is 12.1 Å². The summed E-state index contributed by atoms with van der Waals surface area (Å²) in [7, 11) is 1.77. The summed E-state index contributed by atoms with van der Waals surface area (Å²) in [4.78, 5) is 4.04. The number of nitrogens with one attached hydrogen (secondary N) is 1. The first kappa shape index (κ1) is 12.4. The molecule has 0 saturated heterocycles. The van der Waals surface area contributed by atoms with E-state index in [2.05, 4.69) is 10.1 Å². The van der Waals surface area contributed by atoms with E-state index in [9.17, 15) is 0 Å². The Hall–Kier alpha value is -2.08. The summed E-state index contributed by atoms with van der Waals surface area (Å²) in [6.07, 6.45) is 1.45. The minimum atomic E-state index is -0.131. The monoisotopic (exact) mass is 265 g/mol. The number of nitrogens with two attached hydrogens (primary N) is 1. The van der Waals surface area contributed by atoms with Crippen molar-refractivity contribution in [2.75, 3.05) is 0 Å². The van der Waals surface area contributed by atoms with Gasteiger partial charge in [0.15, 0.2) is 5.82 Å². The number of ether oxygens (including phenoxy) is 1. The van der Waals surface area contributed by atoms with Crippen LogP contribution in [0, 0.1) is 5.41 Å². The molecule has 0 spiro atoms. The third-order valence-electron chi connectivity index (χ3n) is 2.41. The molecule has 6 nitrogen and oxygen atoms in total. The van der Waals surface area contributed by atoms with Gasteiger partial charge in [0, 0.05) is 7.05 Å². The Labute approximate surface area is 109 Å². The van der Waals surface area contributed by atoms with Gasteiger partial charge in [-0.1, -0.05) is 17.7 Å². The molecule has 3 N–H and O–H groups in total. The number of hydrogen-bond donors (Lipinski definition) is 2. The number of nitrogens with zero attached hydrogens (tertiary/aromatic N) is 3. The Morgan fingerprint density at radius 3 is 2.94 bits per heavy atom. The minimum absolute atomic E-state index is 0.131. The van der Waals surface area contributed by atoms with Crippen LogP contribution < -0.4 is 10.5 Å². The van der Waals surface area contributed by atoms with Crippen LogP contribution in [0.3, 0.4) is 0 Å². The largest absolute Gasteiger partial charge is 0.485 e. The van der Waals surface area contributed by atoms with Gasteiger partial charge in [0.1, 0.15) is 24.5 Å². The van der Waals surface area contributed by atoms with Gasteiger partial charge < -0.3 is 10.5 Å². The number of aryl methyl sites for hydroxylation is 1. The predicted molar refractivity (Wildman–Crippen MR) is 67.8 cm³/mol. The van der Waals surface area contributed by atoms with E-state index in [0.717, 1.165) is 0 Å². The first-order valence-electron chi connectivity index (χ1n) is 5.18. The van der Waals surface area contributed by atoms with E-state index < -0.39 is 0 Å². The summed E-state index contributed by atoms with van der Waals surface area (Å²) in [5.41, 5.74) is 5.87. The molecule has 2 aromatic rings. The predicted octanol–water partition coefficient (Wildman–Crippen LogP) is 1.33. The molecule has 0 bridgehead atoms. The summed E-state index contributed by atoms with van der Waals surface area (Å²) in [6, 6.07) is 5.10. The van der Waals surface area contributed by atoms with Crippen molar-refractivity contribution in [1.29, 1.82) is 5.41 Å². The molecule has 94 valence electrons. The first-order valence-corrected chi connectivity index (χ1v) is 5.56. The fourth-order valence-electron chi connectivity index (χ4n) is 1.48. The Morgan fingerprint density at radius 2 is 2.33 bits per heavy atom. The van der Waals surface area contributed by atoms with Gasteiger partial charge in [-0.3, -0.25) is 10.1 Å². The molecule has 0 aliphatic rings. The fourth-order valence-corrected chi connectivity index (χ4v) is 1.75. The van der Waals surface area contributed by atoms with E-state index >= 15 is 0 Å². The van der Waals surface area contributed by atoms with Crippen LogP contribution in [0.15, 0.2) is 24.5 Å². The van der Waals surface area contributed by atoms with Crippen molar-refractivity contribution in [3.8, 4) is 5.75 Å². The quantitative estimate of drug-likeness (QED) is 0.645. The second-order valence-electron chi connectivity index (χ2n) is 3.62. The van der Waals surface area contributed by atoms with Gasteiger partial charge in [0.2, 0.25) is 0 Å². The van der Waals surface area contributed by atoms with Gasteiger partial charge >= 0.3 is 0 Å². The number of rotatable bonds is 4. The van der Waals surface area contributed by atoms with Crippen molar-refractivity contribution in [2.24, 2.45) is 12.8 Å². The lowest BCUT2D eigenvalue weighted by molar-refractivity contribution is 0.289. The van der Waals surface area contributed by atoms with Gasteiger partial charge in [0.25, 0.3) is 0 Å². The topological polar surface area (TPSA) is 89.8 Å². The molecule has 7 heteroatoms. The zero-order chi connectivity index (χ0) is 13.1. The lowest BCUT2D eigenvalue weighted by Gasteiger charge is -2.11. The van der Waals surface area contributed by atoms with E-state index in [1.165, 1.54) is 6.33 Å². The highest BCUT2D eigenvalue weighted by Crippen LogP contribution is 2.26. The van der Waals surface area contributed by atoms with Crippen LogP contribution in [0.5, 0.6) is 5.75 Å². The number of nitrogen functional groups attached to an aromatic ring is 1. The summed E-state index contributed by atoms with van der Waals surface area (Å²) in [6.45, 7) is 0.233. The molecular weight excluding hydrogens is 254 g/mol. The zero-order valence-corrected chi connectivity index (χ0v) is 10.5. The summed E-state index contributed by atoms with van der Waals surface area (Å²) in [5, 5.41) is 11.8. The van der Waals surface area contributed by atoms with Crippen LogP contribution in [-0.4, -0.2) is 20.6 Å². The molecule has 0 unspecified atom stereocenters. The van der Waals surface area contributed by atoms with Crippen molar-refractivity contribution in [2.45, 2.75) is 6.61 Å². The lowest BCUT2D eigenvalue weighted by atomic mass is 10.2. The lowest BCUT2D eigenvalue weighted by Crippen LogP contribution is -2.14. The molecule has 1 aromatic heterocycles. The molecular formula is C11H12ClN5O. The summed E-state index contributed by atoms with van der Waals surface area (Å²) < 4.78 is 7.18. The third kappa shape index (κ3) is 2.43. The Balaban J connectivity index is 2.22. The molecule has 18 heavy (non-hydrogen) atoms. The highest BCUT2D eigenvalue weighted by Gasteiger charge is 2.12. The molecule has 1 heterocycles. The minimum Gasteiger partial charge on any atom is -0.485 e. The third-order valence-corrected chi connectivity index (χ3v) is 2.72. The number of hydrogen-bond acceptors (Lipinski definition) is 4. The molecule has 0 atom stereocenters. The molecule has 0 aliphatic carbocycles. The van der Waals surface area contributed by atoms with Crippen LogP contribution in [0.1, 0.15) is 11.4 Å². The number of halogens is 1. The molecule has 0 radical (unpaired) electrons. The average molecular weight is 266 g/mol. The van der Waals surface area contributed by atoms with Gasteiger partial charge in [0.05, 0.1) is 10.6 Å². The number of amidine groups is 1. The average Bonchev–Trinajstić information content (AvgIpc) is 2.71. The fraction of sp³-hybridized carbons (Fsp3) is 0.182. The smallest absolute Gasteiger partial charge is 0.164 e. The van der Waals surface area contributed by atoms with Crippen LogP contribution in [0.4, 0.5) is 0 Å². The van der Waals surface area contributed by atoms with E-state index in [4.69, 9.17) is 27.5 Å². The maximum Gasteiger partial charge on any atom is 0.164 e. The number of benzene rings is 1. The summed E-state index contributed by atoms with van der Waals surface area (Å²) in [5.74, 6) is 0.996. The van der Waals surface area contributed by atoms with Crippen LogP contribution in [0.2, 0.25) is 5.02 Å². The van der Waals surface area contributed by atoms with E-state index in [1.807, 2.05) is 0 Å². The second kappa shape index (κ2) is 5.05. The normalized spacial score (nSPS) is 10.3. The number of aromatic nitrogens is 3. The SMILES string of the molecule is Cn1ncnc1COc1cccc(Cl)c1C(=N)N. The molecule has 0 amide bonds. The Bertz CT molecular complexity index is 581. The molecule has 2 rings (SSSR count). The zero-order valence-electron chi connectivity index (χ0n) is 9.72. The van der Waals surface area contributed by atoms with Gasteiger partial charge in [-0.15, -0.1) is 0 Å².